The number of nitrogens with zero attached hydrogens (tertiary/aromatic N) is 2. The molecule has 0 aromatic rings. The Morgan fingerprint density at radius 3 is 0.727 bits per heavy atom. The van der Waals surface area contributed by atoms with Gasteiger partial charge in [0, 0.05) is 16.5 Å². The van der Waals surface area contributed by atoms with Crippen molar-refractivity contribution >= 4 is 0 Å². The van der Waals surface area contributed by atoms with E-state index in [1.165, 1.54) is 0 Å². The van der Waals surface area contributed by atoms with E-state index in [9.17, 15) is 0 Å². The Hall–Kier alpha value is -0.866. The molecule has 0 rings (SSSR count). The fourth-order valence-electron chi connectivity index (χ4n) is 0. The monoisotopic (exact) mass is 214 g/mol. The van der Waals surface area contributed by atoms with Crippen molar-refractivity contribution in [1.29, 1.82) is 0 Å². The quantitative estimate of drug-likeness (QED) is 0.334. The molecule has 0 radical (unpaired) electrons. The first-order valence-electron chi connectivity index (χ1n) is 0.730. The summed E-state index contributed by atoms with van der Waals surface area (Å²) in [4.78, 5) is 16.0. The molecule has 0 unspecified atom stereocenters. The first-order chi connectivity index (χ1) is 2.83. The molecule has 78 valence electrons. The first kappa shape index (κ1) is 86.1. The fraction of sp³-hybridized carbons (Fsp3) is 0. The predicted molar refractivity (Wildman–Crippen MR) is 39.5 cm³/mol. The van der Waals surface area contributed by atoms with Gasteiger partial charge in [0.2, 0.25) is 0 Å². The van der Waals surface area contributed by atoms with Gasteiger partial charge in [0.1, 0.15) is 0 Å². The summed E-state index contributed by atoms with van der Waals surface area (Å²) in [6.07, 6.45) is 0. The van der Waals surface area contributed by atoms with Crippen molar-refractivity contribution < 1.29 is 16.5 Å². The van der Waals surface area contributed by atoms with E-state index in [1.54, 1.807) is 0 Å². The average molecular weight is 215 g/mol. The zero-order valence-corrected chi connectivity index (χ0v) is 6.14. The van der Waals surface area contributed by atoms with E-state index in [1.807, 2.05) is 0 Å². The Balaban J connectivity index is -0.00000000400. The third-order valence-corrected chi connectivity index (χ3v) is 0. The summed E-state index contributed by atoms with van der Waals surface area (Å²) in [5.41, 5.74) is 0. The molecule has 0 spiro atoms. The van der Waals surface area contributed by atoms with E-state index in [2.05, 4.69) is 0 Å². The van der Waals surface area contributed by atoms with Gasteiger partial charge in [0.25, 0.3) is 0 Å². The van der Waals surface area contributed by atoms with Crippen molar-refractivity contribution in [3.63, 3.8) is 0 Å². The van der Waals surface area contributed by atoms with Gasteiger partial charge < -0.3 is 44.8 Å². The smallest absolute Gasteiger partial charge is 0 e. The minimum atomic E-state index is 0. The van der Waals surface area contributed by atoms with Gasteiger partial charge in [0.15, 0.2) is 0 Å². The number of hydrogen-bond acceptors (Lipinski definition) is 6. The van der Waals surface area contributed by atoms with E-state index in [0.717, 1.165) is 10.7 Å². The van der Waals surface area contributed by atoms with Gasteiger partial charge in [-0.3, -0.25) is 0 Å². The zero-order chi connectivity index (χ0) is 5.41. The molecule has 0 heterocycles. The second-order valence-electron chi connectivity index (χ2n) is 0.149. The van der Waals surface area contributed by atoms with Crippen LogP contribution in [-0.2, 0) is 16.5 Å². The van der Waals surface area contributed by atoms with Crippen LogP contribution in [0, 0.1) is 20.2 Å². The molecule has 11 heteroatoms. The Morgan fingerprint density at radius 2 is 0.727 bits per heavy atom. The maximum atomic E-state index is 8.00. The van der Waals surface area contributed by atoms with Gasteiger partial charge in [-0.25, -0.2) is 0 Å². The summed E-state index contributed by atoms with van der Waals surface area (Å²) >= 11 is 0. The van der Waals surface area contributed by atoms with Crippen LogP contribution >= 0.6 is 0 Å². The molecule has 0 aromatic heterocycles. The molecule has 8 N–H and O–H groups in total. The van der Waals surface area contributed by atoms with Gasteiger partial charge in [-0.2, -0.15) is 0 Å². The Morgan fingerprint density at radius 1 is 0.727 bits per heavy atom. The van der Waals surface area contributed by atoms with Crippen molar-refractivity contribution in [3.8, 4) is 0 Å². The summed E-state index contributed by atoms with van der Waals surface area (Å²) < 4.78 is 0. The van der Waals surface area contributed by atoms with Crippen LogP contribution in [0.5, 0.6) is 0 Å². The van der Waals surface area contributed by atoms with Crippen molar-refractivity contribution in [1.82, 2.24) is 0 Å². The normalized spacial score (nSPS) is 2.18. The third kappa shape index (κ3) is 619. The zero-order valence-electron chi connectivity index (χ0n) is 5.15. The largest absolute Gasteiger partial charge is 0.693 e. The van der Waals surface area contributed by atoms with Crippen LogP contribution in [0.15, 0.2) is 10.7 Å². The molecule has 0 fully saturated rings. The topological polar surface area (TPSA) is 239 Å². The molecule has 10 nitrogen and oxygen atoms in total. The van der Waals surface area contributed by atoms with Crippen LogP contribution in [0.4, 0.5) is 0 Å². The summed E-state index contributed by atoms with van der Waals surface area (Å²) in [5.74, 6) is 0. The molecule has 0 atom stereocenters. The Bertz CT molecular complexity index is 35.6. The van der Waals surface area contributed by atoms with Crippen LogP contribution in [0.25, 0.3) is 24.6 Å². The van der Waals surface area contributed by atoms with E-state index in [4.69, 9.17) is 20.2 Å². The molecular formula is H8N6NiO4-6. The minimum absolute atomic E-state index is 0. The second-order valence-corrected chi connectivity index (χ2v) is 0.149. The van der Waals surface area contributed by atoms with Gasteiger partial charge in [-0.15, -0.1) is 10.7 Å². The van der Waals surface area contributed by atoms with Crippen LogP contribution in [0.3, 0.4) is 0 Å². The molecule has 0 aliphatic heterocycles. The molecule has 11 heavy (non-hydrogen) atoms. The van der Waals surface area contributed by atoms with Crippen LogP contribution in [0.2, 0.25) is 0 Å². The van der Waals surface area contributed by atoms with Crippen molar-refractivity contribution in [3.05, 3.63) is 44.8 Å². The first-order valence-corrected chi connectivity index (χ1v) is 0.730. The summed E-state index contributed by atoms with van der Waals surface area (Å²) in [6.45, 7) is 0. The van der Waals surface area contributed by atoms with E-state index < -0.39 is 0 Å². The van der Waals surface area contributed by atoms with Crippen molar-refractivity contribution in [2.45, 2.75) is 0 Å². The number of hydrogen-bond donors (Lipinski definition) is 0. The summed E-state index contributed by atoms with van der Waals surface area (Å²) in [6, 6.07) is 0. The van der Waals surface area contributed by atoms with Crippen LogP contribution in [-0.4, -0.2) is 0 Å². The maximum absolute atomic E-state index is 8.00. The third-order valence-electron chi connectivity index (χ3n) is 0. The molecule has 0 saturated heterocycles. The molecule has 0 aliphatic carbocycles. The van der Waals surface area contributed by atoms with E-state index in [-0.39, 0.29) is 41.1 Å². The average Bonchev–Trinajstić information content (AvgIpc) is 1.39. The summed E-state index contributed by atoms with van der Waals surface area (Å²) in [7, 11) is 0. The van der Waals surface area contributed by atoms with Crippen molar-refractivity contribution in [2.24, 2.45) is 10.7 Å². The Kier molecular flexibility index (Phi) is 3680. The van der Waals surface area contributed by atoms with E-state index in [0.29, 0.717) is 0 Å². The fourth-order valence-corrected chi connectivity index (χ4v) is 0. The number of rotatable bonds is 0. The molecule has 0 amide bonds. The molecule has 0 aliphatic rings. The SMILES string of the molecule is O=N[O-].O=N[O-].[NH2-].[NH2-].[NH2-].[NH2-].[Ni]. The van der Waals surface area contributed by atoms with Gasteiger partial charge >= 0.3 is 0 Å². The Labute approximate surface area is 72.9 Å². The minimum Gasteiger partial charge on any atom is -0.693 e. The van der Waals surface area contributed by atoms with Gasteiger partial charge in [-0.1, -0.05) is 0 Å². The standard InChI is InChI=1S/2HNO2.4H2N.Ni/c2*2-1-3;;;;;/h2*(H,2,3);4*1H2;/q;;4*-1;/p-2. The molecule has 0 bridgehead atoms. The maximum Gasteiger partial charge on any atom is 0 e. The van der Waals surface area contributed by atoms with Gasteiger partial charge in [0.05, 0.1) is 0 Å². The summed E-state index contributed by atoms with van der Waals surface area (Å²) in [5, 5.41) is 18.0. The van der Waals surface area contributed by atoms with E-state index >= 15 is 0 Å². The molecular weight excluding hydrogens is 207 g/mol. The molecule has 0 aromatic carbocycles. The molecule has 0 saturated carbocycles. The predicted octanol–water partition coefficient (Wildman–Crippen LogP) is 3.37. The van der Waals surface area contributed by atoms with Gasteiger partial charge in [-0.05, 0) is 0 Å². The second kappa shape index (κ2) is 470. The van der Waals surface area contributed by atoms with Crippen LogP contribution in [0.1, 0.15) is 0 Å². The van der Waals surface area contributed by atoms with Crippen molar-refractivity contribution in [2.75, 3.05) is 0 Å². The number of nitrogens with two attached hydrogens (primary N) is 4. The van der Waals surface area contributed by atoms with Crippen LogP contribution < -0.4 is 0 Å².